The summed E-state index contributed by atoms with van der Waals surface area (Å²) < 4.78 is 0. The minimum absolute atomic E-state index is 0.969. The van der Waals surface area contributed by atoms with Crippen LogP contribution in [0.1, 0.15) is 6.92 Å². The van der Waals surface area contributed by atoms with E-state index in [1.165, 1.54) is 0 Å². The summed E-state index contributed by atoms with van der Waals surface area (Å²) in [4.78, 5) is 2.13. The molecule has 2 heteroatoms. The molecule has 0 atom stereocenters. The maximum Gasteiger partial charge on any atom is 0.0320 e. The van der Waals surface area contributed by atoms with Crippen molar-refractivity contribution in [2.75, 3.05) is 27.2 Å². The first-order valence-corrected chi connectivity index (χ1v) is 4.47. The molecule has 0 aliphatic carbocycles. The molecule has 0 unspecified atom stereocenters. The first-order chi connectivity index (χ1) is 6.13. The van der Waals surface area contributed by atoms with Crippen molar-refractivity contribution in [3.63, 3.8) is 0 Å². The highest BCUT2D eigenvalue weighted by atomic mass is 15.1. The van der Waals surface area contributed by atoms with E-state index in [4.69, 9.17) is 0 Å². The zero-order valence-corrected chi connectivity index (χ0v) is 8.93. The fourth-order valence-electron chi connectivity index (χ4n) is 0.988. The minimum atomic E-state index is 0.969. The Hall–Kier alpha value is -1.02. The van der Waals surface area contributed by atoms with Gasteiger partial charge in [-0.25, -0.2) is 0 Å². The molecule has 0 saturated heterocycles. The fraction of sp³-hybridized carbons (Fsp3) is 0.455. The highest BCUT2D eigenvalue weighted by molar-refractivity contribution is 5.27. The van der Waals surface area contributed by atoms with E-state index < -0.39 is 0 Å². The second-order valence-corrected chi connectivity index (χ2v) is 3.06. The average molecular weight is 180 g/mol. The smallest absolute Gasteiger partial charge is 0.0320 e. The molecule has 0 aromatic heterocycles. The van der Waals surface area contributed by atoms with E-state index in [9.17, 15) is 0 Å². The Morgan fingerprint density at radius 2 is 2.15 bits per heavy atom. The molecule has 0 fully saturated rings. The van der Waals surface area contributed by atoms with E-state index >= 15 is 0 Å². The standard InChI is InChI=1S/C11H20N2/c1-6-7-10(2)11(3)13(5)9-8-12-4/h6-7,12H,1,3,8-9H2,2,4-5H3. The topological polar surface area (TPSA) is 15.3 Å². The van der Waals surface area contributed by atoms with Gasteiger partial charge in [0.15, 0.2) is 0 Å². The minimum Gasteiger partial charge on any atom is -0.374 e. The molecule has 0 aliphatic heterocycles. The molecule has 0 radical (unpaired) electrons. The second kappa shape index (κ2) is 6.49. The van der Waals surface area contributed by atoms with Gasteiger partial charge in [0.1, 0.15) is 0 Å². The number of nitrogens with zero attached hydrogens (tertiary/aromatic N) is 1. The van der Waals surface area contributed by atoms with Gasteiger partial charge in [-0.1, -0.05) is 25.3 Å². The van der Waals surface area contributed by atoms with Gasteiger partial charge in [0.2, 0.25) is 0 Å². The van der Waals surface area contributed by atoms with Crippen molar-refractivity contribution in [3.8, 4) is 0 Å². The molecule has 0 saturated carbocycles. The van der Waals surface area contributed by atoms with Crippen LogP contribution in [0.15, 0.2) is 36.6 Å². The van der Waals surface area contributed by atoms with Gasteiger partial charge in [0.05, 0.1) is 0 Å². The van der Waals surface area contributed by atoms with Gasteiger partial charge in [-0.2, -0.15) is 0 Å². The van der Waals surface area contributed by atoms with E-state index in [1.807, 2.05) is 27.1 Å². The number of hydrogen-bond acceptors (Lipinski definition) is 2. The molecule has 2 nitrogen and oxygen atoms in total. The van der Waals surface area contributed by atoms with Crippen LogP contribution in [-0.2, 0) is 0 Å². The molecule has 0 bridgehead atoms. The van der Waals surface area contributed by atoms with Crippen LogP contribution in [0.5, 0.6) is 0 Å². The molecule has 0 amide bonds. The summed E-state index contributed by atoms with van der Waals surface area (Å²) >= 11 is 0. The SMILES string of the molecule is C=CC=C(C)C(=C)N(C)CCNC. The Morgan fingerprint density at radius 1 is 1.54 bits per heavy atom. The second-order valence-electron chi connectivity index (χ2n) is 3.06. The lowest BCUT2D eigenvalue weighted by molar-refractivity contribution is 0.424. The predicted octanol–water partition coefficient (Wildman–Crippen LogP) is 1.78. The molecule has 0 aromatic carbocycles. The normalized spacial score (nSPS) is 11.2. The monoisotopic (exact) mass is 180 g/mol. The molecular weight excluding hydrogens is 160 g/mol. The zero-order valence-electron chi connectivity index (χ0n) is 8.93. The van der Waals surface area contributed by atoms with Crippen LogP contribution in [0, 0.1) is 0 Å². The summed E-state index contributed by atoms with van der Waals surface area (Å²) in [6, 6.07) is 0. The predicted molar refractivity (Wildman–Crippen MR) is 59.7 cm³/mol. The van der Waals surface area contributed by atoms with Gasteiger partial charge in [-0.05, 0) is 19.5 Å². The lowest BCUT2D eigenvalue weighted by Crippen LogP contribution is -2.26. The highest BCUT2D eigenvalue weighted by Crippen LogP contribution is 2.09. The molecule has 74 valence electrons. The summed E-state index contributed by atoms with van der Waals surface area (Å²) in [6.07, 6.45) is 3.75. The van der Waals surface area contributed by atoms with Crippen molar-refractivity contribution >= 4 is 0 Å². The zero-order chi connectivity index (χ0) is 10.3. The summed E-state index contributed by atoms with van der Waals surface area (Å²) in [7, 11) is 3.99. The van der Waals surface area contributed by atoms with E-state index in [-0.39, 0.29) is 0 Å². The number of rotatable bonds is 6. The van der Waals surface area contributed by atoms with E-state index in [0.29, 0.717) is 0 Å². The van der Waals surface area contributed by atoms with E-state index in [0.717, 1.165) is 24.4 Å². The quantitative estimate of drug-likeness (QED) is 0.627. The molecule has 0 aromatic rings. The lowest BCUT2D eigenvalue weighted by Gasteiger charge is -2.21. The molecule has 0 aliphatic rings. The summed E-state index contributed by atoms with van der Waals surface area (Å²) in [5.41, 5.74) is 2.21. The molecular formula is C11H20N2. The van der Waals surface area contributed by atoms with Crippen molar-refractivity contribution < 1.29 is 0 Å². The van der Waals surface area contributed by atoms with E-state index in [2.05, 4.69) is 23.4 Å². The molecule has 13 heavy (non-hydrogen) atoms. The Labute approximate surface area is 81.6 Å². The summed E-state index contributed by atoms with van der Waals surface area (Å²) in [6.45, 7) is 11.6. The van der Waals surface area contributed by atoms with Gasteiger partial charge in [-0.15, -0.1) is 0 Å². The number of likely N-dealkylation sites (N-methyl/N-ethyl adjacent to an activating group) is 2. The van der Waals surface area contributed by atoms with Crippen LogP contribution >= 0.6 is 0 Å². The summed E-state index contributed by atoms with van der Waals surface area (Å²) in [5.74, 6) is 0. The van der Waals surface area contributed by atoms with Crippen LogP contribution in [0.2, 0.25) is 0 Å². The molecule has 1 N–H and O–H groups in total. The number of hydrogen-bond donors (Lipinski definition) is 1. The summed E-state index contributed by atoms with van der Waals surface area (Å²) in [5, 5.41) is 3.10. The van der Waals surface area contributed by atoms with Crippen molar-refractivity contribution in [1.29, 1.82) is 0 Å². The van der Waals surface area contributed by atoms with Crippen LogP contribution < -0.4 is 5.32 Å². The maximum absolute atomic E-state index is 4.01. The largest absolute Gasteiger partial charge is 0.374 e. The average Bonchev–Trinajstić information content (AvgIpc) is 2.13. The molecule has 0 spiro atoms. The molecule has 0 heterocycles. The molecule has 0 rings (SSSR count). The van der Waals surface area contributed by atoms with Gasteiger partial charge >= 0.3 is 0 Å². The third kappa shape index (κ3) is 4.53. The van der Waals surface area contributed by atoms with Crippen LogP contribution in [0.25, 0.3) is 0 Å². The van der Waals surface area contributed by atoms with Crippen molar-refractivity contribution in [1.82, 2.24) is 10.2 Å². The fourth-order valence-corrected chi connectivity index (χ4v) is 0.988. The van der Waals surface area contributed by atoms with Crippen LogP contribution in [0.3, 0.4) is 0 Å². The first-order valence-electron chi connectivity index (χ1n) is 4.47. The highest BCUT2D eigenvalue weighted by Gasteiger charge is 2.01. The first kappa shape index (κ1) is 12.0. The third-order valence-electron chi connectivity index (χ3n) is 1.98. The number of nitrogens with one attached hydrogen (secondary N) is 1. The van der Waals surface area contributed by atoms with E-state index in [1.54, 1.807) is 6.08 Å². The lowest BCUT2D eigenvalue weighted by atomic mass is 10.2. The van der Waals surface area contributed by atoms with Gasteiger partial charge in [0.25, 0.3) is 0 Å². The van der Waals surface area contributed by atoms with Crippen LogP contribution in [0.4, 0.5) is 0 Å². The third-order valence-corrected chi connectivity index (χ3v) is 1.98. The number of allylic oxidation sites excluding steroid dienone is 3. The van der Waals surface area contributed by atoms with Gasteiger partial charge in [0, 0.05) is 25.8 Å². The Morgan fingerprint density at radius 3 is 2.62 bits per heavy atom. The van der Waals surface area contributed by atoms with Gasteiger partial charge in [-0.3, -0.25) is 0 Å². The Kier molecular flexibility index (Phi) is 5.98. The van der Waals surface area contributed by atoms with Crippen molar-refractivity contribution in [3.05, 3.63) is 36.6 Å². The van der Waals surface area contributed by atoms with Crippen LogP contribution in [-0.4, -0.2) is 32.1 Å². The Bertz CT molecular complexity index is 204. The van der Waals surface area contributed by atoms with Gasteiger partial charge < -0.3 is 10.2 Å². The van der Waals surface area contributed by atoms with Crippen molar-refractivity contribution in [2.24, 2.45) is 0 Å². The Balaban J connectivity index is 4.09. The van der Waals surface area contributed by atoms with Crippen molar-refractivity contribution in [2.45, 2.75) is 6.92 Å². The maximum atomic E-state index is 4.01.